The monoisotopic (exact) mass is 293 g/mol. The lowest BCUT2D eigenvalue weighted by Crippen LogP contribution is -2.02. The molecule has 0 bridgehead atoms. The van der Waals surface area contributed by atoms with Crippen LogP contribution >= 0.6 is 11.6 Å². The molecule has 0 aliphatic carbocycles. The third-order valence-corrected chi connectivity index (χ3v) is 3.50. The van der Waals surface area contributed by atoms with Gasteiger partial charge in [-0.1, -0.05) is 41.9 Å². The van der Waals surface area contributed by atoms with E-state index in [1.165, 1.54) is 0 Å². The molecule has 2 aromatic carbocycles. The Balaban J connectivity index is 2.03. The van der Waals surface area contributed by atoms with E-state index in [0.29, 0.717) is 17.1 Å². The van der Waals surface area contributed by atoms with Crippen LogP contribution in [0.5, 0.6) is 0 Å². The van der Waals surface area contributed by atoms with Gasteiger partial charge in [0.15, 0.2) is 0 Å². The standard InChI is InChI=1S/C17H12ClN3/c18-14-6-7-16-15(8-14)17(13(9-19)11-20-16)21-10-12-4-2-1-3-5-12/h1-8,11H,10H2,(H,20,21). The number of halogens is 1. The lowest BCUT2D eigenvalue weighted by Gasteiger charge is -2.11. The van der Waals surface area contributed by atoms with Crippen LogP contribution in [0.1, 0.15) is 11.1 Å². The van der Waals surface area contributed by atoms with E-state index in [-0.39, 0.29) is 0 Å². The Kier molecular flexibility index (Phi) is 3.72. The van der Waals surface area contributed by atoms with E-state index < -0.39 is 0 Å². The van der Waals surface area contributed by atoms with Gasteiger partial charge in [0.05, 0.1) is 16.8 Å². The Morgan fingerprint density at radius 1 is 1.14 bits per heavy atom. The molecule has 102 valence electrons. The van der Waals surface area contributed by atoms with E-state index in [1.54, 1.807) is 12.3 Å². The topological polar surface area (TPSA) is 48.7 Å². The predicted octanol–water partition coefficient (Wildman–Crippen LogP) is 4.37. The van der Waals surface area contributed by atoms with Crippen molar-refractivity contribution >= 4 is 28.2 Å². The van der Waals surface area contributed by atoms with Crippen LogP contribution in [0.3, 0.4) is 0 Å². The summed E-state index contributed by atoms with van der Waals surface area (Å²) in [5.74, 6) is 0. The number of fused-ring (bicyclic) bond motifs is 1. The smallest absolute Gasteiger partial charge is 0.103 e. The highest BCUT2D eigenvalue weighted by molar-refractivity contribution is 6.31. The normalized spacial score (nSPS) is 10.3. The molecule has 0 radical (unpaired) electrons. The van der Waals surface area contributed by atoms with Crippen molar-refractivity contribution in [1.82, 2.24) is 4.98 Å². The van der Waals surface area contributed by atoms with Gasteiger partial charge in [-0.05, 0) is 23.8 Å². The fraction of sp³-hybridized carbons (Fsp3) is 0.0588. The SMILES string of the molecule is N#Cc1cnc2ccc(Cl)cc2c1NCc1ccccc1. The molecular formula is C17H12ClN3. The van der Waals surface area contributed by atoms with E-state index in [1.807, 2.05) is 42.5 Å². The number of hydrogen-bond donors (Lipinski definition) is 1. The van der Waals surface area contributed by atoms with Gasteiger partial charge in [0.25, 0.3) is 0 Å². The van der Waals surface area contributed by atoms with E-state index in [9.17, 15) is 5.26 Å². The van der Waals surface area contributed by atoms with E-state index >= 15 is 0 Å². The summed E-state index contributed by atoms with van der Waals surface area (Å²) >= 11 is 6.06. The number of nitrogens with zero attached hydrogens (tertiary/aromatic N) is 2. The predicted molar refractivity (Wildman–Crippen MR) is 85.2 cm³/mol. The molecule has 0 amide bonds. The first-order valence-corrected chi connectivity index (χ1v) is 6.92. The second-order valence-corrected chi connectivity index (χ2v) is 5.10. The quantitative estimate of drug-likeness (QED) is 0.780. The fourth-order valence-electron chi connectivity index (χ4n) is 2.23. The van der Waals surface area contributed by atoms with E-state index in [0.717, 1.165) is 22.2 Å². The Hall–Kier alpha value is -2.57. The molecule has 0 fully saturated rings. The first kappa shape index (κ1) is 13.4. The molecule has 21 heavy (non-hydrogen) atoms. The van der Waals surface area contributed by atoms with Crippen LogP contribution in [0, 0.1) is 11.3 Å². The maximum atomic E-state index is 9.28. The summed E-state index contributed by atoms with van der Waals surface area (Å²) in [7, 11) is 0. The second-order valence-electron chi connectivity index (χ2n) is 4.66. The van der Waals surface area contributed by atoms with Crippen molar-refractivity contribution < 1.29 is 0 Å². The molecule has 3 rings (SSSR count). The Bertz CT molecular complexity index is 823. The molecule has 0 spiro atoms. The van der Waals surface area contributed by atoms with Gasteiger partial charge in [-0.15, -0.1) is 0 Å². The summed E-state index contributed by atoms with van der Waals surface area (Å²) in [5.41, 5.74) is 3.25. The summed E-state index contributed by atoms with van der Waals surface area (Å²) in [6, 6.07) is 17.7. The molecule has 0 saturated carbocycles. The fourth-order valence-corrected chi connectivity index (χ4v) is 2.40. The number of hydrogen-bond acceptors (Lipinski definition) is 3. The third kappa shape index (κ3) is 2.81. The van der Waals surface area contributed by atoms with Gasteiger partial charge in [0.2, 0.25) is 0 Å². The highest BCUT2D eigenvalue weighted by atomic mass is 35.5. The number of benzene rings is 2. The second kappa shape index (κ2) is 5.82. The molecule has 1 N–H and O–H groups in total. The van der Waals surface area contributed by atoms with Crippen molar-refractivity contribution in [2.24, 2.45) is 0 Å². The number of nitrogens with one attached hydrogen (secondary N) is 1. The van der Waals surface area contributed by atoms with Crippen LogP contribution in [-0.4, -0.2) is 4.98 Å². The highest BCUT2D eigenvalue weighted by Gasteiger charge is 2.09. The molecule has 4 heteroatoms. The van der Waals surface area contributed by atoms with Crippen molar-refractivity contribution in [1.29, 1.82) is 5.26 Å². The average molecular weight is 294 g/mol. The van der Waals surface area contributed by atoms with Crippen LogP contribution in [0.25, 0.3) is 10.9 Å². The lowest BCUT2D eigenvalue weighted by atomic mass is 10.1. The Morgan fingerprint density at radius 2 is 1.95 bits per heavy atom. The molecule has 0 atom stereocenters. The van der Waals surface area contributed by atoms with Gasteiger partial charge in [0.1, 0.15) is 6.07 Å². The van der Waals surface area contributed by atoms with Gasteiger partial charge >= 0.3 is 0 Å². The van der Waals surface area contributed by atoms with Crippen molar-refractivity contribution in [3.05, 3.63) is 70.9 Å². The molecule has 0 unspecified atom stereocenters. The zero-order valence-corrected chi connectivity index (χ0v) is 11.9. The minimum Gasteiger partial charge on any atom is -0.379 e. The number of aromatic nitrogens is 1. The summed E-state index contributed by atoms with van der Waals surface area (Å²) < 4.78 is 0. The molecule has 3 nitrogen and oxygen atoms in total. The number of rotatable bonds is 3. The molecular weight excluding hydrogens is 282 g/mol. The Labute approximate surface area is 127 Å². The van der Waals surface area contributed by atoms with Crippen LogP contribution in [0.15, 0.2) is 54.7 Å². The zero-order chi connectivity index (χ0) is 14.7. The maximum absolute atomic E-state index is 9.28. The largest absolute Gasteiger partial charge is 0.379 e. The van der Waals surface area contributed by atoms with Crippen molar-refractivity contribution in [2.45, 2.75) is 6.54 Å². The number of anilines is 1. The summed E-state index contributed by atoms with van der Waals surface area (Å²) in [5, 5.41) is 14.1. The van der Waals surface area contributed by atoms with Crippen molar-refractivity contribution in [3.63, 3.8) is 0 Å². The molecule has 0 aliphatic rings. The average Bonchev–Trinajstić information content (AvgIpc) is 2.53. The third-order valence-electron chi connectivity index (χ3n) is 3.26. The molecule has 3 aromatic rings. The van der Waals surface area contributed by atoms with Gasteiger partial charge in [-0.2, -0.15) is 5.26 Å². The van der Waals surface area contributed by atoms with Gasteiger partial charge in [-0.3, -0.25) is 4.98 Å². The van der Waals surface area contributed by atoms with Gasteiger partial charge < -0.3 is 5.32 Å². The van der Waals surface area contributed by atoms with Crippen molar-refractivity contribution in [2.75, 3.05) is 5.32 Å². The van der Waals surface area contributed by atoms with E-state index in [2.05, 4.69) is 16.4 Å². The summed E-state index contributed by atoms with van der Waals surface area (Å²) in [4.78, 5) is 4.29. The maximum Gasteiger partial charge on any atom is 0.103 e. The van der Waals surface area contributed by atoms with Crippen LogP contribution in [-0.2, 0) is 6.54 Å². The highest BCUT2D eigenvalue weighted by Crippen LogP contribution is 2.28. The lowest BCUT2D eigenvalue weighted by molar-refractivity contribution is 1.15. The minimum absolute atomic E-state index is 0.515. The van der Waals surface area contributed by atoms with Gasteiger partial charge in [0, 0.05) is 23.2 Å². The van der Waals surface area contributed by atoms with Crippen molar-refractivity contribution in [3.8, 4) is 6.07 Å². The number of pyridine rings is 1. The number of nitriles is 1. The first-order chi connectivity index (χ1) is 10.3. The summed E-state index contributed by atoms with van der Waals surface area (Å²) in [6.07, 6.45) is 1.59. The zero-order valence-electron chi connectivity index (χ0n) is 11.2. The molecule has 1 aromatic heterocycles. The minimum atomic E-state index is 0.515. The van der Waals surface area contributed by atoms with Gasteiger partial charge in [-0.25, -0.2) is 0 Å². The van der Waals surface area contributed by atoms with E-state index in [4.69, 9.17) is 11.6 Å². The first-order valence-electron chi connectivity index (χ1n) is 6.54. The van der Waals surface area contributed by atoms with Crippen LogP contribution in [0.4, 0.5) is 5.69 Å². The van der Waals surface area contributed by atoms with Crippen LogP contribution < -0.4 is 5.32 Å². The van der Waals surface area contributed by atoms with Crippen LogP contribution in [0.2, 0.25) is 5.02 Å². The Morgan fingerprint density at radius 3 is 2.71 bits per heavy atom. The molecule has 1 heterocycles. The summed E-state index contributed by atoms with van der Waals surface area (Å²) in [6.45, 7) is 0.640. The molecule has 0 aliphatic heterocycles. The molecule has 0 saturated heterocycles.